The van der Waals surface area contributed by atoms with Crippen LogP contribution in [-0.4, -0.2) is 52.5 Å². The van der Waals surface area contributed by atoms with Crippen LogP contribution in [0.25, 0.3) is 0 Å². The predicted molar refractivity (Wildman–Crippen MR) is 69.1 cm³/mol. The van der Waals surface area contributed by atoms with E-state index in [9.17, 15) is 0 Å². The molecule has 0 amide bonds. The molecule has 0 radical (unpaired) electrons. The molecule has 5 heteroatoms. The topological polar surface area (TPSA) is 24.8 Å². The quantitative estimate of drug-likeness (QED) is 0.691. The highest BCUT2D eigenvalue weighted by atomic mass is 79.9. The molecule has 3 atom stereocenters. The van der Waals surface area contributed by atoms with Crippen molar-refractivity contribution in [2.24, 2.45) is 4.99 Å². The number of amidine groups is 1. The minimum absolute atomic E-state index is 0.326. The molecule has 2 rings (SSSR count). The lowest BCUT2D eigenvalue weighted by molar-refractivity contribution is -0.0211. The SMILES string of the molecule is CC1CN(C2=NCC(CBr)S2)C(C)CO1. The number of halogens is 1. The van der Waals surface area contributed by atoms with E-state index in [1.54, 1.807) is 0 Å². The highest BCUT2D eigenvalue weighted by molar-refractivity contribution is 9.09. The van der Waals surface area contributed by atoms with Gasteiger partial charge in [0.05, 0.1) is 25.3 Å². The van der Waals surface area contributed by atoms with Crippen LogP contribution < -0.4 is 0 Å². The molecule has 0 bridgehead atoms. The average molecular weight is 293 g/mol. The Bertz CT molecular complexity index is 262. The molecule has 86 valence electrons. The molecule has 2 aliphatic rings. The van der Waals surface area contributed by atoms with Gasteiger partial charge in [-0.1, -0.05) is 27.7 Å². The van der Waals surface area contributed by atoms with E-state index in [-0.39, 0.29) is 0 Å². The lowest BCUT2D eigenvalue weighted by Crippen LogP contribution is -2.49. The predicted octanol–water partition coefficient (Wildman–Crippen LogP) is 1.96. The van der Waals surface area contributed by atoms with E-state index in [4.69, 9.17) is 4.74 Å². The lowest BCUT2D eigenvalue weighted by atomic mass is 10.2. The number of hydrogen-bond donors (Lipinski definition) is 0. The lowest BCUT2D eigenvalue weighted by Gasteiger charge is -2.37. The molecule has 0 saturated carbocycles. The number of ether oxygens (including phenoxy) is 1. The van der Waals surface area contributed by atoms with Gasteiger partial charge in [0.25, 0.3) is 0 Å². The average Bonchev–Trinajstić information content (AvgIpc) is 2.70. The third-order valence-corrected chi connectivity index (χ3v) is 5.16. The minimum atomic E-state index is 0.326. The van der Waals surface area contributed by atoms with Crippen LogP contribution >= 0.6 is 27.7 Å². The van der Waals surface area contributed by atoms with E-state index in [0.29, 0.717) is 17.4 Å². The Kier molecular flexibility index (Phi) is 3.96. The second kappa shape index (κ2) is 5.06. The number of aliphatic imine (C=N–C) groups is 1. The van der Waals surface area contributed by atoms with Gasteiger partial charge in [-0.15, -0.1) is 0 Å². The van der Waals surface area contributed by atoms with Gasteiger partial charge in [0, 0.05) is 17.1 Å². The highest BCUT2D eigenvalue weighted by Gasteiger charge is 2.30. The molecule has 0 aromatic carbocycles. The summed E-state index contributed by atoms with van der Waals surface area (Å²) in [5, 5.41) is 2.85. The highest BCUT2D eigenvalue weighted by Crippen LogP contribution is 2.27. The summed E-state index contributed by atoms with van der Waals surface area (Å²) in [6.07, 6.45) is 0.326. The molecule has 2 aliphatic heterocycles. The smallest absolute Gasteiger partial charge is 0.160 e. The molecule has 2 heterocycles. The van der Waals surface area contributed by atoms with Gasteiger partial charge in [-0.05, 0) is 13.8 Å². The first-order chi connectivity index (χ1) is 7.20. The molecule has 0 spiro atoms. The zero-order valence-electron chi connectivity index (χ0n) is 9.15. The largest absolute Gasteiger partial charge is 0.375 e. The van der Waals surface area contributed by atoms with Crippen molar-refractivity contribution in [1.29, 1.82) is 0 Å². The summed E-state index contributed by atoms with van der Waals surface area (Å²) in [7, 11) is 0. The second-order valence-corrected chi connectivity index (χ2v) is 6.08. The van der Waals surface area contributed by atoms with E-state index in [2.05, 4.69) is 39.7 Å². The van der Waals surface area contributed by atoms with Crippen molar-refractivity contribution in [3.8, 4) is 0 Å². The Morgan fingerprint density at radius 1 is 1.60 bits per heavy atom. The van der Waals surface area contributed by atoms with Crippen LogP contribution in [0.2, 0.25) is 0 Å². The van der Waals surface area contributed by atoms with Crippen LogP contribution in [0.5, 0.6) is 0 Å². The van der Waals surface area contributed by atoms with E-state index in [1.807, 2.05) is 11.8 Å². The first kappa shape index (κ1) is 11.7. The summed E-state index contributed by atoms with van der Waals surface area (Å²) >= 11 is 5.41. The monoisotopic (exact) mass is 292 g/mol. The molecule has 1 fully saturated rings. The molecule has 0 aromatic heterocycles. The molecule has 0 aliphatic carbocycles. The second-order valence-electron chi connectivity index (χ2n) is 4.16. The van der Waals surface area contributed by atoms with Crippen LogP contribution in [0.3, 0.4) is 0 Å². The fourth-order valence-corrected chi connectivity index (χ4v) is 3.46. The standard InChI is InChI=1S/C10H17BrN2OS/c1-7-6-14-8(2)5-13(7)10-12-4-9(3-11)15-10/h7-9H,3-6H2,1-2H3. The van der Waals surface area contributed by atoms with Crippen LogP contribution in [0.4, 0.5) is 0 Å². The van der Waals surface area contributed by atoms with Gasteiger partial charge >= 0.3 is 0 Å². The van der Waals surface area contributed by atoms with Crippen molar-refractivity contribution in [2.45, 2.75) is 31.2 Å². The normalized spacial score (nSPS) is 36.9. The molecule has 0 N–H and O–H groups in total. The van der Waals surface area contributed by atoms with Crippen molar-refractivity contribution in [2.75, 3.05) is 25.0 Å². The molecule has 1 saturated heterocycles. The summed E-state index contributed by atoms with van der Waals surface area (Å²) < 4.78 is 5.62. The van der Waals surface area contributed by atoms with E-state index in [1.165, 1.54) is 5.17 Å². The van der Waals surface area contributed by atoms with Gasteiger partial charge in [-0.3, -0.25) is 4.99 Å². The first-order valence-electron chi connectivity index (χ1n) is 5.36. The van der Waals surface area contributed by atoms with Crippen molar-refractivity contribution in [3.05, 3.63) is 0 Å². The molecule has 0 aromatic rings. The zero-order valence-corrected chi connectivity index (χ0v) is 11.6. The minimum Gasteiger partial charge on any atom is -0.375 e. The number of hydrogen-bond acceptors (Lipinski definition) is 4. The molecule has 3 unspecified atom stereocenters. The third kappa shape index (κ3) is 2.68. The van der Waals surface area contributed by atoms with Crippen molar-refractivity contribution in [3.63, 3.8) is 0 Å². The maximum atomic E-state index is 5.62. The van der Waals surface area contributed by atoms with Crippen LogP contribution in [0.15, 0.2) is 4.99 Å². The van der Waals surface area contributed by atoms with Crippen molar-refractivity contribution in [1.82, 2.24) is 4.90 Å². The van der Waals surface area contributed by atoms with Gasteiger partial charge in [-0.25, -0.2) is 0 Å². The molecule has 15 heavy (non-hydrogen) atoms. The van der Waals surface area contributed by atoms with E-state index < -0.39 is 0 Å². The fourth-order valence-electron chi connectivity index (χ4n) is 1.81. The number of alkyl halides is 1. The Morgan fingerprint density at radius 2 is 2.40 bits per heavy atom. The Hall–Kier alpha value is 0.260. The number of thioether (sulfide) groups is 1. The Labute approximate surface area is 104 Å². The van der Waals surface area contributed by atoms with Crippen LogP contribution in [-0.2, 0) is 4.74 Å². The van der Waals surface area contributed by atoms with Gasteiger partial charge in [0.1, 0.15) is 0 Å². The maximum absolute atomic E-state index is 5.62. The van der Waals surface area contributed by atoms with Gasteiger partial charge in [0.15, 0.2) is 5.17 Å². The van der Waals surface area contributed by atoms with Crippen molar-refractivity contribution < 1.29 is 4.74 Å². The summed E-state index contributed by atoms with van der Waals surface area (Å²) in [6, 6.07) is 0.460. The first-order valence-corrected chi connectivity index (χ1v) is 7.36. The maximum Gasteiger partial charge on any atom is 0.160 e. The van der Waals surface area contributed by atoms with Gasteiger partial charge < -0.3 is 9.64 Å². The summed E-state index contributed by atoms with van der Waals surface area (Å²) in [5.74, 6) is 0. The van der Waals surface area contributed by atoms with E-state index >= 15 is 0 Å². The van der Waals surface area contributed by atoms with Gasteiger partial charge in [0.2, 0.25) is 0 Å². The summed E-state index contributed by atoms with van der Waals surface area (Å²) in [6.45, 7) is 7.07. The number of nitrogens with zero attached hydrogens (tertiary/aromatic N) is 2. The fraction of sp³-hybridized carbons (Fsp3) is 0.900. The van der Waals surface area contributed by atoms with Crippen LogP contribution in [0, 0.1) is 0 Å². The summed E-state index contributed by atoms with van der Waals surface area (Å²) in [5.41, 5.74) is 0. The molecule has 3 nitrogen and oxygen atoms in total. The summed E-state index contributed by atoms with van der Waals surface area (Å²) in [4.78, 5) is 7.01. The Balaban J connectivity index is 1.97. The van der Waals surface area contributed by atoms with Crippen molar-refractivity contribution >= 4 is 32.9 Å². The van der Waals surface area contributed by atoms with Gasteiger partial charge in [-0.2, -0.15) is 0 Å². The number of morpholine rings is 1. The third-order valence-electron chi connectivity index (χ3n) is 2.73. The molecular weight excluding hydrogens is 276 g/mol. The zero-order chi connectivity index (χ0) is 10.8. The van der Waals surface area contributed by atoms with Crippen LogP contribution in [0.1, 0.15) is 13.8 Å². The Morgan fingerprint density at radius 3 is 3.07 bits per heavy atom. The number of rotatable bonds is 1. The molecular formula is C10H17BrN2OS. The van der Waals surface area contributed by atoms with E-state index in [0.717, 1.165) is 25.0 Å².